The van der Waals surface area contributed by atoms with Gasteiger partial charge in [0.25, 0.3) is 0 Å². The molecule has 0 aliphatic heterocycles. The van der Waals surface area contributed by atoms with Crippen molar-refractivity contribution in [1.82, 2.24) is 10.3 Å². The first kappa shape index (κ1) is 15.0. The van der Waals surface area contributed by atoms with Crippen LogP contribution in [-0.4, -0.2) is 34.3 Å². The van der Waals surface area contributed by atoms with Crippen molar-refractivity contribution in [2.24, 2.45) is 0 Å². The third-order valence-corrected chi connectivity index (χ3v) is 3.83. The molecule has 0 saturated carbocycles. The van der Waals surface area contributed by atoms with E-state index in [0.29, 0.717) is 18.7 Å². The number of carboxylic acid groups (broad SMARTS) is 1. The van der Waals surface area contributed by atoms with E-state index < -0.39 is 5.97 Å². The Bertz CT molecular complexity index is 407. The average Bonchev–Trinajstić information content (AvgIpc) is 2.70. The van der Waals surface area contributed by atoms with Crippen molar-refractivity contribution in [2.45, 2.75) is 25.5 Å². The van der Waals surface area contributed by atoms with E-state index in [1.807, 2.05) is 12.3 Å². The van der Waals surface area contributed by atoms with Crippen molar-refractivity contribution >= 4 is 35.0 Å². The van der Waals surface area contributed by atoms with Crippen LogP contribution >= 0.6 is 23.1 Å². The minimum absolute atomic E-state index is 0.0580. The van der Waals surface area contributed by atoms with E-state index in [1.165, 1.54) is 11.8 Å². The normalized spacial score (nSPS) is 10.3. The van der Waals surface area contributed by atoms with Crippen LogP contribution in [0.1, 0.15) is 23.5 Å². The molecule has 1 heterocycles. The van der Waals surface area contributed by atoms with Crippen molar-refractivity contribution in [3.63, 3.8) is 0 Å². The molecule has 0 bridgehead atoms. The molecule has 5 nitrogen and oxygen atoms in total. The van der Waals surface area contributed by atoms with Crippen molar-refractivity contribution in [3.8, 4) is 0 Å². The molecular formula is C11H16N2O3S2. The first-order valence-electron chi connectivity index (χ1n) is 5.55. The molecule has 0 fully saturated rings. The quantitative estimate of drug-likeness (QED) is 0.711. The second-order valence-electron chi connectivity index (χ2n) is 3.70. The number of amides is 1. The molecule has 0 aliphatic carbocycles. The Morgan fingerprint density at radius 2 is 2.33 bits per heavy atom. The Labute approximate surface area is 114 Å². The number of carbonyl (C=O) groups excluding carboxylic acids is 1. The van der Waals surface area contributed by atoms with Gasteiger partial charge in [-0.05, 0) is 13.3 Å². The first-order valence-corrected chi connectivity index (χ1v) is 7.58. The van der Waals surface area contributed by atoms with Crippen molar-refractivity contribution in [3.05, 3.63) is 16.1 Å². The molecule has 1 aromatic rings. The van der Waals surface area contributed by atoms with Gasteiger partial charge < -0.3 is 10.4 Å². The highest BCUT2D eigenvalue weighted by molar-refractivity contribution is 7.99. The van der Waals surface area contributed by atoms with Gasteiger partial charge in [0.05, 0.1) is 16.5 Å². The average molecular weight is 288 g/mol. The molecule has 0 radical (unpaired) electrons. The molecule has 0 aliphatic rings. The molecule has 0 saturated heterocycles. The summed E-state index contributed by atoms with van der Waals surface area (Å²) in [6, 6.07) is 0. The SMILES string of the molecule is Cc1nc(CSCC(=O)NCCCC(=O)O)cs1. The monoisotopic (exact) mass is 288 g/mol. The highest BCUT2D eigenvalue weighted by Gasteiger charge is 2.04. The number of aryl methyl sites for hydroxylation is 1. The molecule has 0 aromatic carbocycles. The van der Waals surface area contributed by atoms with Gasteiger partial charge in [-0.3, -0.25) is 9.59 Å². The summed E-state index contributed by atoms with van der Waals surface area (Å²) in [6.07, 6.45) is 0.558. The fraction of sp³-hybridized carbons (Fsp3) is 0.545. The molecule has 100 valence electrons. The summed E-state index contributed by atoms with van der Waals surface area (Å²) in [5.74, 6) is 0.214. The molecule has 7 heteroatoms. The van der Waals surface area contributed by atoms with Gasteiger partial charge in [0.2, 0.25) is 5.91 Å². The zero-order chi connectivity index (χ0) is 13.4. The van der Waals surface area contributed by atoms with Crippen LogP contribution in [0.3, 0.4) is 0 Å². The van der Waals surface area contributed by atoms with Crippen molar-refractivity contribution < 1.29 is 14.7 Å². The predicted molar refractivity (Wildman–Crippen MR) is 72.9 cm³/mol. The van der Waals surface area contributed by atoms with Gasteiger partial charge in [0.1, 0.15) is 0 Å². The summed E-state index contributed by atoms with van der Waals surface area (Å²) in [6.45, 7) is 2.37. The Hall–Kier alpha value is -1.08. The maximum Gasteiger partial charge on any atom is 0.303 e. The summed E-state index contributed by atoms with van der Waals surface area (Å²) in [7, 11) is 0. The summed E-state index contributed by atoms with van der Waals surface area (Å²) in [4.78, 5) is 25.9. The first-order chi connectivity index (χ1) is 8.58. The topological polar surface area (TPSA) is 79.3 Å². The van der Waals surface area contributed by atoms with E-state index in [2.05, 4.69) is 10.3 Å². The largest absolute Gasteiger partial charge is 0.481 e. The summed E-state index contributed by atoms with van der Waals surface area (Å²) < 4.78 is 0. The highest BCUT2D eigenvalue weighted by Crippen LogP contribution is 2.14. The third kappa shape index (κ3) is 6.61. The van der Waals surface area contributed by atoms with E-state index in [0.717, 1.165) is 16.5 Å². The van der Waals surface area contributed by atoms with Crippen molar-refractivity contribution in [2.75, 3.05) is 12.3 Å². The molecule has 1 aromatic heterocycles. The number of aromatic nitrogens is 1. The third-order valence-electron chi connectivity index (χ3n) is 2.04. The van der Waals surface area contributed by atoms with Gasteiger partial charge in [-0.25, -0.2) is 4.98 Å². The Morgan fingerprint density at radius 1 is 1.56 bits per heavy atom. The smallest absolute Gasteiger partial charge is 0.303 e. The minimum Gasteiger partial charge on any atom is -0.481 e. The minimum atomic E-state index is -0.836. The van der Waals surface area contributed by atoms with Crippen LogP contribution in [0.25, 0.3) is 0 Å². The molecule has 0 unspecified atom stereocenters. The summed E-state index contributed by atoms with van der Waals surface area (Å²) in [5, 5.41) is 14.1. The fourth-order valence-corrected chi connectivity index (χ4v) is 2.71. The number of hydrogen-bond acceptors (Lipinski definition) is 5. The molecule has 0 spiro atoms. The number of rotatable bonds is 8. The fourth-order valence-electron chi connectivity index (χ4n) is 1.24. The number of nitrogens with one attached hydrogen (secondary N) is 1. The lowest BCUT2D eigenvalue weighted by atomic mass is 10.3. The lowest BCUT2D eigenvalue weighted by molar-refractivity contribution is -0.137. The Kier molecular flexibility index (Phi) is 6.74. The van der Waals surface area contributed by atoms with E-state index >= 15 is 0 Å². The lowest BCUT2D eigenvalue weighted by Gasteiger charge is -2.03. The Balaban J connectivity index is 2.05. The number of hydrogen-bond donors (Lipinski definition) is 2. The number of thiazole rings is 1. The second-order valence-corrected chi connectivity index (χ2v) is 5.75. The van der Waals surface area contributed by atoms with Gasteiger partial charge >= 0.3 is 5.97 Å². The van der Waals surface area contributed by atoms with Gasteiger partial charge in [-0.2, -0.15) is 0 Å². The molecule has 1 rings (SSSR count). The second kappa shape index (κ2) is 8.10. The van der Waals surface area contributed by atoms with Crippen LogP contribution in [0, 0.1) is 6.92 Å². The number of carbonyl (C=O) groups is 2. The Morgan fingerprint density at radius 3 is 2.94 bits per heavy atom. The van der Waals surface area contributed by atoms with Crippen LogP contribution in [0.15, 0.2) is 5.38 Å². The molecule has 1 amide bonds. The van der Waals surface area contributed by atoms with E-state index in [-0.39, 0.29) is 12.3 Å². The van der Waals surface area contributed by atoms with Crippen LogP contribution < -0.4 is 5.32 Å². The number of thioether (sulfide) groups is 1. The summed E-state index contributed by atoms with van der Waals surface area (Å²) >= 11 is 3.11. The molecular weight excluding hydrogens is 272 g/mol. The van der Waals surface area contributed by atoms with Gasteiger partial charge in [0.15, 0.2) is 0 Å². The molecule has 2 N–H and O–H groups in total. The van der Waals surface area contributed by atoms with Gasteiger partial charge in [0, 0.05) is 24.1 Å². The van der Waals surface area contributed by atoms with E-state index in [9.17, 15) is 9.59 Å². The maximum atomic E-state index is 11.4. The number of nitrogens with zero attached hydrogens (tertiary/aromatic N) is 1. The molecule has 0 atom stereocenters. The zero-order valence-corrected chi connectivity index (χ0v) is 11.8. The van der Waals surface area contributed by atoms with Crippen molar-refractivity contribution in [1.29, 1.82) is 0 Å². The van der Waals surface area contributed by atoms with Crippen LogP contribution in [0.5, 0.6) is 0 Å². The van der Waals surface area contributed by atoms with Gasteiger partial charge in [-0.1, -0.05) is 0 Å². The number of carboxylic acids is 1. The van der Waals surface area contributed by atoms with E-state index in [1.54, 1.807) is 11.3 Å². The van der Waals surface area contributed by atoms with Crippen LogP contribution in [0.2, 0.25) is 0 Å². The standard InChI is InChI=1S/C11H16N2O3S2/c1-8-13-9(6-18-8)5-17-7-10(14)12-4-2-3-11(15)16/h6H,2-5,7H2,1H3,(H,12,14)(H,15,16). The van der Waals surface area contributed by atoms with Gasteiger partial charge in [-0.15, -0.1) is 23.1 Å². The van der Waals surface area contributed by atoms with Crippen LogP contribution in [-0.2, 0) is 15.3 Å². The lowest BCUT2D eigenvalue weighted by Crippen LogP contribution is -2.26. The van der Waals surface area contributed by atoms with E-state index in [4.69, 9.17) is 5.11 Å². The maximum absolute atomic E-state index is 11.4. The number of aliphatic carboxylic acids is 1. The highest BCUT2D eigenvalue weighted by atomic mass is 32.2. The van der Waals surface area contributed by atoms with Crippen LogP contribution in [0.4, 0.5) is 0 Å². The summed E-state index contributed by atoms with van der Waals surface area (Å²) in [5.41, 5.74) is 1.00. The predicted octanol–water partition coefficient (Wildman–Crippen LogP) is 1.67. The zero-order valence-electron chi connectivity index (χ0n) is 10.1. The molecule has 18 heavy (non-hydrogen) atoms.